The van der Waals surface area contributed by atoms with Gasteiger partial charge in [-0.25, -0.2) is 23.1 Å². The van der Waals surface area contributed by atoms with Gasteiger partial charge in [-0.15, -0.1) is 0 Å². The topological polar surface area (TPSA) is 119 Å². The Morgan fingerprint density at radius 2 is 1.81 bits per heavy atom. The van der Waals surface area contributed by atoms with Gasteiger partial charge in [-0.2, -0.15) is 0 Å². The summed E-state index contributed by atoms with van der Waals surface area (Å²) in [6.45, 7) is 0.941. The molecule has 1 fully saturated rings. The van der Waals surface area contributed by atoms with Crippen molar-refractivity contribution in [1.29, 1.82) is 0 Å². The average molecular weight is 442 g/mol. The fraction of sp³-hybridized carbons (Fsp3) is 0.227. The fourth-order valence-corrected chi connectivity index (χ4v) is 3.89. The molecule has 0 aliphatic carbocycles. The normalized spacial score (nSPS) is 19.0. The molecule has 0 saturated carbocycles. The summed E-state index contributed by atoms with van der Waals surface area (Å²) in [7, 11) is 0. The predicted octanol–water partition coefficient (Wildman–Crippen LogP) is 2.31. The zero-order valence-electron chi connectivity index (χ0n) is 16.9. The van der Waals surface area contributed by atoms with E-state index in [9.17, 15) is 18.0 Å². The molecule has 4 rings (SSSR count). The molecule has 2 heterocycles. The van der Waals surface area contributed by atoms with Crippen LogP contribution >= 0.6 is 0 Å². The van der Waals surface area contributed by atoms with Crippen LogP contribution in [-0.4, -0.2) is 34.5 Å². The van der Waals surface area contributed by atoms with Gasteiger partial charge in [0, 0.05) is 18.2 Å². The molecule has 1 aliphatic heterocycles. The molecule has 1 aromatic heterocycles. The summed E-state index contributed by atoms with van der Waals surface area (Å²) in [6, 6.07) is 7.35. The maximum Gasteiger partial charge on any atom is 0.254 e. The maximum absolute atomic E-state index is 14.2. The average Bonchev–Trinajstić information content (AvgIpc) is 3.20. The van der Waals surface area contributed by atoms with Crippen LogP contribution < -0.4 is 22.1 Å². The summed E-state index contributed by atoms with van der Waals surface area (Å²) in [4.78, 5) is 21.3. The minimum atomic E-state index is -1.00. The molecule has 3 aromatic rings. The lowest BCUT2D eigenvalue weighted by molar-refractivity contribution is 0.0910. The van der Waals surface area contributed by atoms with Crippen LogP contribution in [0.5, 0.6) is 0 Å². The number of benzene rings is 2. The Labute approximate surface area is 182 Å². The van der Waals surface area contributed by atoms with Crippen LogP contribution in [0, 0.1) is 17.5 Å². The second-order valence-electron chi connectivity index (χ2n) is 7.72. The third kappa shape index (κ3) is 4.14. The third-order valence-electron chi connectivity index (χ3n) is 5.56. The van der Waals surface area contributed by atoms with E-state index in [2.05, 4.69) is 20.6 Å². The van der Waals surface area contributed by atoms with Crippen LogP contribution in [-0.2, 0) is 0 Å². The summed E-state index contributed by atoms with van der Waals surface area (Å²) in [6.07, 6.45) is 1.72. The van der Waals surface area contributed by atoms with Crippen molar-refractivity contribution < 1.29 is 18.0 Å². The lowest BCUT2D eigenvalue weighted by Gasteiger charge is -2.34. The predicted molar refractivity (Wildman–Crippen MR) is 113 cm³/mol. The van der Waals surface area contributed by atoms with Gasteiger partial charge < -0.3 is 22.1 Å². The molecule has 1 amide bonds. The van der Waals surface area contributed by atoms with Crippen molar-refractivity contribution >= 4 is 11.7 Å². The highest BCUT2D eigenvalue weighted by atomic mass is 19.1. The van der Waals surface area contributed by atoms with E-state index in [4.69, 9.17) is 11.5 Å². The van der Waals surface area contributed by atoms with Gasteiger partial charge in [-0.3, -0.25) is 4.79 Å². The minimum absolute atomic E-state index is 0.114. The first-order valence-corrected chi connectivity index (χ1v) is 9.90. The van der Waals surface area contributed by atoms with E-state index in [-0.39, 0.29) is 11.4 Å². The number of aromatic nitrogens is 2. The van der Waals surface area contributed by atoms with E-state index in [1.165, 1.54) is 30.6 Å². The molecule has 6 N–H and O–H groups in total. The van der Waals surface area contributed by atoms with E-state index in [1.54, 1.807) is 0 Å². The van der Waals surface area contributed by atoms with Crippen LogP contribution in [0.25, 0.3) is 11.1 Å². The number of hydrogen-bond donors (Lipinski definition) is 4. The molecule has 10 heteroatoms. The number of rotatable bonds is 5. The zero-order chi connectivity index (χ0) is 22.9. The van der Waals surface area contributed by atoms with Gasteiger partial charge in [0.25, 0.3) is 5.91 Å². The van der Waals surface area contributed by atoms with Crippen molar-refractivity contribution in [2.24, 2.45) is 5.73 Å². The minimum Gasteiger partial charge on any atom is -0.383 e. The molecule has 166 valence electrons. The lowest BCUT2D eigenvalue weighted by atomic mass is 9.84. The van der Waals surface area contributed by atoms with Gasteiger partial charge in [-0.05, 0) is 42.8 Å². The van der Waals surface area contributed by atoms with E-state index in [0.29, 0.717) is 42.4 Å². The van der Waals surface area contributed by atoms with Gasteiger partial charge in [-0.1, -0.05) is 12.1 Å². The monoisotopic (exact) mass is 442 g/mol. The number of anilines is 1. The standard InChI is InChI=1S/C22H21F3N6O/c23-13-3-1-12(2-4-13)17-18(29-11-30-20(17)26)19(22(27)7-8-28-10-22)31-21(32)15-6-5-14(24)9-16(15)25/h1-6,9,11,19,28H,7-8,10,27H2,(H,31,32)(H2,26,29,30)/t19-,22?/m1/s1. The van der Waals surface area contributed by atoms with Gasteiger partial charge >= 0.3 is 0 Å². The Morgan fingerprint density at radius 3 is 2.47 bits per heavy atom. The highest BCUT2D eigenvalue weighted by Gasteiger charge is 2.42. The molecule has 32 heavy (non-hydrogen) atoms. The SMILES string of the molecule is Nc1ncnc([C@@H](NC(=O)c2ccc(F)cc2F)C2(N)CCNC2)c1-c1ccc(F)cc1. The van der Waals surface area contributed by atoms with E-state index in [1.807, 2.05) is 0 Å². The van der Waals surface area contributed by atoms with E-state index >= 15 is 0 Å². The first kappa shape index (κ1) is 21.7. The van der Waals surface area contributed by atoms with Gasteiger partial charge in [0.15, 0.2) is 0 Å². The highest BCUT2D eigenvalue weighted by molar-refractivity contribution is 5.95. The van der Waals surface area contributed by atoms with Gasteiger partial charge in [0.05, 0.1) is 22.8 Å². The summed E-state index contributed by atoms with van der Waals surface area (Å²) < 4.78 is 41.0. The second-order valence-corrected chi connectivity index (χ2v) is 7.72. The van der Waals surface area contributed by atoms with Crippen molar-refractivity contribution in [3.05, 3.63) is 77.5 Å². The Bertz CT molecular complexity index is 1150. The number of carbonyl (C=O) groups excluding carboxylic acids is 1. The van der Waals surface area contributed by atoms with Crippen molar-refractivity contribution in [2.75, 3.05) is 18.8 Å². The molecule has 0 bridgehead atoms. The molecule has 7 nitrogen and oxygen atoms in total. The molecule has 1 unspecified atom stereocenters. The Kier molecular flexibility index (Phi) is 5.81. The Hall–Kier alpha value is -3.50. The zero-order valence-corrected chi connectivity index (χ0v) is 16.9. The quantitative estimate of drug-likeness (QED) is 0.482. The molecular weight excluding hydrogens is 421 g/mol. The van der Waals surface area contributed by atoms with E-state index in [0.717, 1.165) is 12.1 Å². The number of hydrogen-bond acceptors (Lipinski definition) is 6. The number of nitrogens with one attached hydrogen (secondary N) is 2. The first-order chi connectivity index (χ1) is 15.3. The highest BCUT2D eigenvalue weighted by Crippen LogP contribution is 2.37. The number of carbonyl (C=O) groups is 1. The van der Waals surface area contributed by atoms with Crippen LogP contribution in [0.2, 0.25) is 0 Å². The Balaban J connectivity index is 1.81. The van der Waals surface area contributed by atoms with Crippen molar-refractivity contribution in [3.8, 4) is 11.1 Å². The van der Waals surface area contributed by atoms with Gasteiger partial charge in [0.1, 0.15) is 29.6 Å². The number of halogens is 3. The summed E-state index contributed by atoms with van der Waals surface area (Å²) in [5.74, 6) is -2.90. The van der Waals surface area contributed by atoms with E-state index < -0.39 is 34.9 Å². The van der Waals surface area contributed by atoms with Crippen molar-refractivity contribution in [2.45, 2.75) is 18.0 Å². The molecule has 0 spiro atoms. The molecule has 0 radical (unpaired) electrons. The maximum atomic E-state index is 14.2. The largest absolute Gasteiger partial charge is 0.383 e. The number of nitrogens with two attached hydrogens (primary N) is 2. The lowest BCUT2D eigenvalue weighted by Crippen LogP contribution is -2.54. The first-order valence-electron chi connectivity index (χ1n) is 9.90. The summed E-state index contributed by atoms with van der Waals surface area (Å²) in [5.41, 5.74) is 12.7. The third-order valence-corrected chi connectivity index (χ3v) is 5.56. The van der Waals surface area contributed by atoms with Crippen LogP contribution in [0.1, 0.15) is 28.5 Å². The van der Waals surface area contributed by atoms with Crippen molar-refractivity contribution in [1.82, 2.24) is 20.6 Å². The summed E-state index contributed by atoms with van der Waals surface area (Å²) in [5, 5.41) is 5.91. The number of nitrogen functional groups attached to an aromatic ring is 1. The Morgan fingerprint density at radius 1 is 1.09 bits per heavy atom. The summed E-state index contributed by atoms with van der Waals surface area (Å²) >= 11 is 0. The smallest absolute Gasteiger partial charge is 0.254 e. The van der Waals surface area contributed by atoms with Crippen molar-refractivity contribution in [3.63, 3.8) is 0 Å². The van der Waals surface area contributed by atoms with Crippen LogP contribution in [0.15, 0.2) is 48.8 Å². The molecule has 2 aromatic carbocycles. The van der Waals surface area contributed by atoms with Crippen LogP contribution in [0.4, 0.5) is 19.0 Å². The van der Waals surface area contributed by atoms with Crippen LogP contribution in [0.3, 0.4) is 0 Å². The van der Waals surface area contributed by atoms with Gasteiger partial charge in [0.2, 0.25) is 0 Å². The molecule has 2 atom stereocenters. The number of amides is 1. The second kappa shape index (κ2) is 8.56. The number of nitrogens with zero attached hydrogens (tertiary/aromatic N) is 2. The molecular formula is C22H21F3N6O. The fourth-order valence-electron chi connectivity index (χ4n) is 3.89. The molecule has 1 aliphatic rings. The molecule has 1 saturated heterocycles.